The van der Waals surface area contributed by atoms with Gasteiger partial charge in [0.1, 0.15) is 0 Å². The van der Waals surface area contributed by atoms with Crippen molar-refractivity contribution in [1.82, 2.24) is 20.1 Å². The first-order valence-electron chi connectivity index (χ1n) is 11.5. The summed E-state index contributed by atoms with van der Waals surface area (Å²) in [5, 5.41) is 12.0. The van der Waals surface area contributed by atoms with Crippen LogP contribution < -0.4 is 5.32 Å². The van der Waals surface area contributed by atoms with Crippen molar-refractivity contribution in [2.24, 2.45) is 0 Å². The molecule has 0 atom stereocenters. The Labute approximate surface area is 210 Å². The number of carbonyl (C=O) groups is 1. The third-order valence-electron chi connectivity index (χ3n) is 5.66. The van der Waals surface area contributed by atoms with Crippen molar-refractivity contribution in [2.75, 3.05) is 0 Å². The lowest BCUT2D eigenvalue weighted by Gasteiger charge is -2.18. The molecule has 1 N–H and O–H groups in total. The number of rotatable bonds is 9. The molecule has 0 saturated heterocycles. The molecule has 0 spiro atoms. The topological polar surface area (TPSA) is 73.0 Å². The molecular formula is C26H25F3N4O2S. The van der Waals surface area contributed by atoms with E-state index in [0.29, 0.717) is 16.5 Å². The quantitative estimate of drug-likeness (QED) is 0.268. The number of furan rings is 1. The first kappa shape index (κ1) is 25.6. The Hall–Kier alpha value is -3.53. The van der Waals surface area contributed by atoms with Gasteiger partial charge in [0.25, 0.3) is 5.91 Å². The highest BCUT2D eigenvalue weighted by molar-refractivity contribution is 7.98. The van der Waals surface area contributed by atoms with Crippen molar-refractivity contribution in [2.45, 2.75) is 50.3 Å². The Morgan fingerprint density at radius 2 is 1.75 bits per heavy atom. The number of halogens is 3. The first-order valence-corrected chi connectivity index (χ1v) is 12.5. The molecule has 0 aliphatic carbocycles. The molecule has 10 heteroatoms. The van der Waals surface area contributed by atoms with Crippen LogP contribution in [0.3, 0.4) is 0 Å². The zero-order chi connectivity index (χ0) is 25.7. The summed E-state index contributed by atoms with van der Waals surface area (Å²) in [7, 11) is 0. The standard InChI is InChI=1S/C26H25F3N4O2S/c1-3-18-9-6-10-19(4-2)23(18)33-22(15-30-24(34)21-12-7-13-35-21)31-32-25(33)36-16-17-8-5-11-20(14-17)26(27,28)29/h5-14H,3-4,15-16H2,1-2H3,(H,30,34). The maximum atomic E-state index is 13.2. The van der Waals surface area contributed by atoms with Crippen LogP contribution >= 0.6 is 11.8 Å². The van der Waals surface area contributed by atoms with Gasteiger partial charge in [0.05, 0.1) is 24.1 Å². The Balaban J connectivity index is 1.68. The number of alkyl halides is 3. The van der Waals surface area contributed by atoms with Crippen LogP contribution in [0.25, 0.3) is 5.69 Å². The highest BCUT2D eigenvalue weighted by Crippen LogP contribution is 2.33. The maximum Gasteiger partial charge on any atom is 0.416 e. The van der Waals surface area contributed by atoms with Crippen LogP contribution in [0, 0.1) is 0 Å². The number of amides is 1. The number of carbonyl (C=O) groups excluding carboxylic acids is 1. The molecule has 0 bridgehead atoms. The van der Waals surface area contributed by atoms with Gasteiger partial charge in [-0.2, -0.15) is 13.2 Å². The molecule has 0 saturated carbocycles. The Morgan fingerprint density at radius 3 is 2.39 bits per heavy atom. The minimum Gasteiger partial charge on any atom is -0.459 e. The number of para-hydroxylation sites is 1. The summed E-state index contributed by atoms with van der Waals surface area (Å²) < 4.78 is 46.6. The maximum absolute atomic E-state index is 13.2. The zero-order valence-corrected chi connectivity index (χ0v) is 20.6. The predicted molar refractivity (Wildman–Crippen MR) is 131 cm³/mol. The molecule has 1 amide bonds. The van der Waals surface area contributed by atoms with E-state index in [1.165, 1.54) is 24.1 Å². The first-order chi connectivity index (χ1) is 17.3. The third-order valence-corrected chi connectivity index (χ3v) is 6.66. The molecule has 2 aromatic heterocycles. The van der Waals surface area contributed by atoms with Crippen molar-refractivity contribution in [1.29, 1.82) is 0 Å². The fraction of sp³-hybridized carbons (Fsp3) is 0.269. The summed E-state index contributed by atoms with van der Waals surface area (Å²) in [6.45, 7) is 4.20. The van der Waals surface area contributed by atoms with E-state index in [2.05, 4.69) is 29.4 Å². The summed E-state index contributed by atoms with van der Waals surface area (Å²) in [5.41, 5.74) is 2.92. The van der Waals surface area contributed by atoms with Gasteiger partial charge in [-0.3, -0.25) is 9.36 Å². The van der Waals surface area contributed by atoms with Crippen LogP contribution in [0.1, 0.15) is 52.5 Å². The minimum absolute atomic E-state index is 0.0951. The third kappa shape index (κ3) is 5.64. The summed E-state index contributed by atoms with van der Waals surface area (Å²) in [6, 6.07) is 14.5. The fourth-order valence-corrected chi connectivity index (χ4v) is 4.77. The molecule has 2 heterocycles. The Bertz CT molecular complexity index is 1310. The lowest BCUT2D eigenvalue weighted by molar-refractivity contribution is -0.137. The van der Waals surface area contributed by atoms with Crippen molar-refractivity contribution in [3.63, 3.8) is 0 Å². The molecule has 4 rings (SSSR count). The van der Waals surface area contributed by atoms with Gasteiger partial charge in [-0.05, 0) is 47.7 Å². The average Bonchev–Trinajstić information content (AvgIpc) is 3.55. The molecule has 0 aliphatic heterocycles. The lowest BCUT2D eigenvalue weighted by atomic mass is 10.0. The van der Waals surface area contributed by atoms with E-state index < -0.39 is 11.7 Å². The van der Waals surface area contributed by atoms with Gasteiger partial charge in [0, 0.05) is 5.75 Å². The number of thioether (sulfide) groups is 1. The number of nitrogens with zero attached hydrogens (tertiary/aromatic N) is 3. The zero-order valence-electron chi connectivity index (χ0n) is 19.8. The molecular weight excluding hydrogens is 489 g/mol. The Kier molecular flexibility index (Phi) is 7.83. The second-order valence-electron chi connectivity index (χ2n) is 8.01. The van der Waals surface area contributed by atoms with E-state index in [9.17, 15) is 18.0 Å². The van der Waals surface area contributed by atoms with Crippen LogP contribution in [0.4, 0.5) is 13.2 Å². The molecule has 36 heavy (non-hydrogen) atoms. The van der Waals surface area contributed by atoms with Crippen LogP contribution in [-0.2, 0) is 31.3 Å². The van der Waals surface area contributed by atoms with Crippen LogP contribution in [0.2, 0.25) is 0 Å². The number of hydrogen-bond acceptors (Lipinski definition) is 5. The van der Waals surface area contributed by atoms with E-state index in [4.69, 9.17) is 4.42 Å². The number of aryl methyl sites for hydroxylation is 2. The summed E-state index contributed by atoms with van der Waals surface area (Å²) in [6.07, 6.45) is -1.46. The highest BCUT2D eigenvalue weighted by Gasteiger charge is 2.30. The van der Waals surface area contributed by atoms with E-state index >= 15 is 0 Å². The summed E-state index contributed by atoms with van der Waals surface area (Å²) in [5.74, 6) is 0.587. The largest absolute Gasteiger partial charge is 0.459 e. The number of benzene rings is 2. The second-order valence-corrected chi connectivity index (χ2v) is 8.96. The molecule has 0 fully saturated rings. The SMILES string of the molecule is CCc1cccc(CC)c1-n1c(CNC(=O)c2ccco2)nnc1SCc1cccc(C(F)(F)F)c1. The number of hydrogen-bond donors (Lipinski definition) is 1. The number of aromatic nitrogens is 3. The van der Waals surface area contributed by atoms with Crippen LogP contribution in [0.5, 0.6) is 0 Å². The van der Waals surface area contributed by atoms with Gasteiger partial charge in [-0.15, -0.1) is 10.2 Å². The van der Waals surface area contributed by atoms with Gasteiger partial charge in [0.15, 0.2) is 16.7 Å². The molecule has 0 aliphatic rings. The van der Waals surface area contributed by atoms with Crippen molar-refractivity contribution in [3.8, 4) is 5.69 Å². The van der Waals surface area contributed by atoms with Crippen molar-refractivity contribution >= 4 is 17.7 Å². The van der Waals surface area contributed by atoms with Gasteiger partial charge < -0.3 is 9.73 Å². The van der Waals surface area contributed by atoms with E-state index in [1.807, 2.05) is 22.8 Å². The molecule has 188 valence electrons. The summed E-state index contributed by atoms with van der Waals surface area (Å²) >= 11 is 1.30. The average molecular weight is 515 g/mol. The molecule has 6 nitrogen and oxygen atoms in total. The minimum atomic E-state index is -4.41. The van der Waals surface area contributed by atoms with E-state index in [-0.39, 0.29) is 24.0 Å². The van der Waals surface area contributed by atoms with Crippen molar-refractivity contribution < 1.29 is 22.4 Å². The smallest absolute Gasteiger partial charge is 0.416 e. The van der Waals surface area contributed by atoms with E-state index in [0.717, 1.165) is 41.8 Å². The summed E-state index contributed by atoms with van der Waals surface area (Å²) in [4.78, 5) is 12.4. The van der Waals surface area contributed by atoms with Gasteiger partial charge in [0.2, 0.25) is 0 Å². The lowest BCUT2D eigenvalue weighted by Crippen LogP contribution is -2.24. The normalized spacial score (nSPS) is 11.6. The Morgan fingerprint density at radius 1 is 1.03 bits per heavy atom. The highest BCUT2D eigenvalue weighted by atomic mass is 32.2. The molecule has 2 aromatic carbocycles. The molecule has 0 radical (unpaired) electrons. The van der Waals surface area contributed by atoms with Crippen LogP contribution in [-0.4, -0.2) is 20.7 Å². The fourth-order valence-electron chi connectivity index (χ4n) is 3.87. The van der Waals surface area contributed by atoms with Gasteiger partial charge in [-0.25, -0.2) is 0 Å². The van der Waals surface area contributed by atoms with Crippen LogP contribution in [0.15, 0.2) is 70.4 Å². The molecule has 0 unspecified atom stereocenters. The van der Waals surface area contributed by atoms with E-state index in [1.54, 1.807) is 18.2 Å². The molecule has 4 aromatic rings. The number of nitrogens with one attached hydrogen (secondary N) is 1. The van der Waals surface area contributed by atoms with Crippen molar-refractivity contribution in [3.05, 3.63) is 94.7 Å². The second kappa shape index (κ2) is 11.0. The predicted octanol–water partition coefficient (Wildman–Crippen LogP) is 6.23. The van der Waals surface area contributed by atoms with Gasteiger partial charge in [-0.1, -0.05) is 62.0 Å². The monoisotopic (exact) mass is 514 g/mol. The van der Waals surface area contributed by atoms with Gasteiger partial charge >= 0.3 is 6.18 Å².